The predicted molar refractivity (Wildman–Crippen MR) is 68.1 cm³/mol. The average molecular weight is 267 g/mol. The molecule has 19 heavy (non-hydrogen) atoms. The molecule has 0 bridgehead atoms. The van der Waals surface area contributed by atoms with E-state index in [2.05, 4.69) is 4.99 Å². The SMILES string of the molecule is CC(C)N1C(=O)N=C(N)C1c1ccc(C(F)F)cc1. The highest BCUT2D eigenvalue weighted by atomic mass is 19.3. The summed E-state index contributed by atoms with van der Waals surface area (Å²) >= 11 is 0. The molecule has 4 nitrogen and oxygen atoms in total. The van der Waals surface area contributed by atoms with Crippen LogP contribution in [-0.4, -0.2) is 22.8 Å². The molecule has 2 amide bonds. The number of halogens is 2. The van der Waals surface area contributed by atoms with Crippen LogP contribution in [0.2, 0.25) is 0 Å². The topological polar surface area (TPSA) is 58.7 Å². The van der Waals surface area contributed by atoms with E-state index in [1.54, 1.807) is 12.1 Å². The molecule has 1 aromatic rings. The molecule has 1 aromatic carbocycles. The number of nitrogens with two attached hydrogens (primary N) is 1. The van der Waals surface area contributed by atoms with Crippen LogP contribution in [0.15, 0.2) is 29.3 Å². The lowest BCUT2D eigenvalue weighted by atomic mass is 10.0. The van der Waals surface area contributed by atoms with Gasteiger partial charge in [0.2, 0.25) is 0 Å². The van der Waals surface area contributed by atoms with Crippen molar-refractivity contribution in [1.82, 2.24) is 4.90 Å². The standard InChI is InChI=1S/C13H15F2N3O/c1-7(2)18-10(12(16)17-13(18)19)8-3-5-9(6-4-8)11(14)15/h3-7,10-11H,1-2H3,(H2,16,17,19). The summed E-state index contributed by atoms with van der Waals surface area (Å²) in [6, 6.07) is 4.86. The van der Waals surface area contributed by atoms with Gasteiger partial charge < -0.3 is 10.6 Å². The van der Waals surface area contributed by atoms with E-state index in [0.717, 1.165) is 0 Å². The van der Waals surface area contributed by atoms with Gasteiger partial charge in [-0.3, -0.25) is 0 Å². The third-order valence-electron chi connectivity index (χ3n) is 3.06. The Morgan fingerprint density at radius 2 is 1.84 bits per heavy atom. The van der Waals surface area contributed by atoms with Crippen molar-refractivity contribution < 1.29 is 13.6 Å². The Kier molecular flexibility index (Phi) is 3.50. The van der Waals surface area contributed by atoms with Crippen LogP contribution >= 0.6 is 0 Å². The summed E-state index contributed by atoms with van der Waals surface area (Å²) in [5.74, 6) is 0.198. The van der Waals surface area contributed by atoms with Crippen molar-refractivity contribution in [1.29, 1.82) is 0 Å². The van der Waals surface area contributed by atoms with Crippen molar-refractivity contribution in [3.05, 3.63) is 35.4 Å². The lowest BCUT2D eigenvalue weighted by Gasteiger charge is -2.28. The molecular formula is C13H15F2N3O. The van der Waals surface area contributed by atoms with Crippen LogP contribution < -0.4 is 5.73 Å². The van der Waals surface area contributed by atoms with Gasteiger partial charge >= 0.3 is 6.03 Å². The number of nitrogens with zero attached hydrogens (tertiary/aromatic N) is 2. The molecule has 1 aliphatic rings. The number of amides is 2. The molecule has 0 saturated carbocycles. The molecule has 0 aliphatic carbocycles. The molecule has 0 saturated heterocycles. The van der Waals surface area contributed by atoms with E-state index in [-0.39, 0.29) is 17.4 Å². The van der Waals surface area contributed by atoms with Crippen LogP contribution in [0.5, 0.6) is 0 Å². The Morgan fingerprint density at radius 1 is 1.26 bits per heavy atom. The van der Waals surface area contributed by atoms with Gasteiger partial charge in [0.15, 0.2) is 0 Å². The van der Waals surface area contributed by atoms with E-state index in [0.29, 0.717) is 5.56 Å². The Balaban J connectivity index is 2.34. The molecular weight excluding hydrogens is 252 g/mol. The van der Waals surface area contributed by atoms with E-state index in [4.69, 9.17) is 5.73 Å². The first-order valence-electron chi connectivity index (χ1n) is 5.96. The van der Waals surface area contributed by atoms with Crippen molar-refractivity contribution in [2.24, 2.45) is 10.7 Å². The predicted octanol–water partition coefficient (Wildman–Crippen LogP) is 2.87. The molecule has 1 atom stereocenters. The number of urea groups is 1. The van der Waals surface area contributed by atoms with Crippen molar-refractivity contribution in [2.75, 3.05) is 0 Å². The summed E-state index contributed by atoms with van der Waals surface area (Å²) in [6.45, 7) is 3.71. The van der Waals surface area contributed by atoms with Gasteiger partial charge in [-0.25, -0.2) is 13.6 Å². The number of rotatable bonds is 3. The highest BCUT2D eigenvalue weighted by molar-refractivity contribution is 6.03. The maximum absolute atomic E-state index is 12.5. The monoisotopic (exact) mass is 267 g/mol. The molecule has 0 spiro atoms. The Hall–Kier alpha value is -1.98. The van der Waals surface area contributed by atoms with Crippen LogP contribution in [0, 0.1) is 0 Å². The number of hydrogen-bond donors (Lipinski definition) is 1. The molecule has 2 rings (SSSR count). The molecule has 6 heteroatoms. The minimum Gasteiger partial charge on any atom is -0.385 e. The van der Waals surface area contributed by atoms with Crippen molar-refractivity contribution in [2.45, 2.75) is 32.4 Å². The molecule has 0 fully saturated rings. The smallest absolute Gasteiger partial charge is 0.346 e. The van der Waals surface area contributed by atoms with Crippen molar-refractivity contribution in [3.8, 4) is 0 Å². The van der Waals surface area contributed by atoms with Crippen LogP contribution in [-0.2, 0) is 0 Å². The number of benzene rings is 1. The third kappa shape index (κ3) is 2.43. The number of amidine groups is 1. The second-order valence-electron chi connectivity index (χ2n) is 4.69. The number of aliphatic imine (C=N–C) groups is 1. The third-order valence-corrected chi connectivity index (χ3v) is 3.06. The summed E-state index contributed by atoms with van der Waals surface area (Å²) in [7, 11) is 0. The van der Waals surface area contributed by atoms with Crippen molar-refractivity contribution in [3.63, 3.8) is 0 Å². The minimum atomic E-state index is -2.51. The van der Waals surface area contributed by atoms with E-state index >= 15 is 0 Å². The maximum Gasteiger partial charge on any atom is 0.346 e. The highest BCUT2D eigenvalue weighted by Gasteiger charge is 2.36. The van der Waals surface area contributed by atoms with Crippen LogP contribution in [0.25, 0.3) is 0 Å². The average Bonchev–Trinajstić information content (AvgIpc) is 2.64. The molecule has 1 unspecified atom stereocenters. The van der Waals surface area contributed by atoms with Crippen LogP contribution in [0.1, 0.15) is 37.4 Å². The Morgan fingerprint density at radius 3 is 2.32 bits per heavy atom. The molecule has 1 heterocycles. The normalized spacial score (nSPS) is 19.5. The number of hydrogen-bond acceptors (Lipinski definition) is 2. The maximum atomic E-state index is 12.5. The molecule has 0 radical (unpaired) electrons. The fraction of sp³-hybridized carbons (Fsp3) is 0.385. The van der Waals surface area contributed by atoms with Gasteiger partial charge in [-0.1, -0.05) is 24.3 Å². The minimum absolute atomic E-state index is 0.0559. The zero-order valence-electron chi connectivity index (χ0n) is 10.7. The van der Waals surface area contributed by atoms with Crippen LogP contribution in [0.4, 0.5) is 13.6 Å². The van der Waals surface area contributed by atoms with E-state index < -0.39 is 18.5 Å². The highest BCUT2D eigenvalue weighted by Crippen LogP contribution is 2.30. The van der Waals surface area contributed by atoms with Gasteiger partial charge in [0, 0.05) is 11.6 Å². The number of carbonyl (C=O) groups excluding carboxylic acids is 1. The fourth-order valence-electron chi connectivity index (χ4n) is 2.16. The summed E-state index contributed by atoms with van der Waals surface area (Å²) in [5, 5.41) is 0. The Bertz CT molecular complexity index is 511. The van der Waals surface area contributed by atoms with Gasteiger partial charge in [-0.15, -0.1) is 0 Å². The number of alkyl halides is 2. The van der Waals surface area contributed by atoms with E-state index in [1.165, 1.54) is 17.0 Å². The van der Waals surface area contributed by atoms with E-state index in [1.807, 2.05) is 13.8 Å². The van der Waals surface area contributed by atoms with Gasteiger partial charge in [0.05, 0.1) is 0 Å². The quantitative estimate of drug-likeness (QED) is 0.915. The fourth-order valence-corrected chi connectivity index (χ4v) is 2.16. The van der Waals surface area contributed by atoms with Gasteiger partial charge in [-0.05, 0) is 19.4 Å². The van der Waals surface area contributed by atoms with Gasteiger partial charge in [0.1, 0.15) is 11.9 Å². The van der Waals surface area contributed by atoms with Gasteiger partial charge in [0.25, 0.3) is 6.43 Å². The second kappa shape index (κ2) is 4.95. The second-order valence-corrected chi connectivity index (χ2v) is 4.69. The summed E-state index contributed by atoms with van der Waals surface area (Å²) in [5.41, 5.74) is 6.40. The number of carbonyl (C=O) groups is 1. The first-order valence-corrected chi connectivity index (χ1v) is 5.96. The summed E-state index contributed by atoms with van der Waals surface area (Å²) in [4.78, 5) is 17.0. The largest absolute Gasteiger partial charge is 0.385 e. The lowest BCUT2D eigenvalue weighted by molar-refractivity contribution is 0.151. The first-order chi connectivity index (χ1) is 8.91. The van der Waals surface area contributed by atoms with Crippen molar-refractivity contribution >= 4 is 11.9 Å². The van der Waals surface area contributed by atoms with E-state index in [9.17, 15) is 13.6 Å². The Labute approximate surface area is 109 Å². The van der Waals surface area contributed by atoms with Crippen LogP contribution in [0.3, 0.4) is 0 Å². The van der Waals surface area contributed by atoms with Gasteiger partial charge in [-0.2, -0.15) is 4.99 Å². The zero-order valence-corrected chi connectivity index (χ0v) is 10.7. The lowest BCUT2D eigenvalue weighted by Crippen LogP contribution is -2.38. The first kappa shape index (κ1) is 13.5. The zero-order chi connectivity index (χ0) is 14.2. The summed E-state index contributed by atoms with van der Waals surface area (Å²) < 4.78 is 25.0. The summed E-state index contributed by atoms with van der Waals surface area (Å²) in [6.07, 6.45) is -2.51. The molecule has 2 N–H and O–H groups in total. The molecule has 1 aliphatic heterocycles. The molecule has 0 aromatic heterocycles. The molecule has 102 valence electrons.